The van der Waals surface area contributed by atoms with E-state index >= 15 is 0 Å². The van der Waals surface area contributed by atoms with Crippen molar-refractivity contribution < 1.29 is 13.9 Å². The number of ether oxygens (including phenoxy) is 1. The number of esters is 1. The van der Waals surface area contributed by atoms with Gasteiger partial charge in [-0.2, -0.15) is 4.98 Å². The Hall–Kier alpha value is -3.39. The van der Waals surface area contributed by atoms with Crippen molar-refractivity contribution in [2.45, 2.75) is 24.5 Å². The fourth-order valence-corrected chi connectivity index (χ4v) is 3.63. The van der Waals surface area contributed by atoms with E-state index in [1.165, 1.54) is 11.8 Å². The van der Waals surface area contributed by atoms with Crippen LogP contribution in [0, 0.1) is 6.92 Å². The van der Waals surface area contributed by atoms with Gasteiger partial charge in [0.1, 0.15) is 11.1 Å². The SMILES string of the molecule is CCOC(=O)c1cnc(Nc2nc3ccccc3o2)nc1CSc1ccc(C)cc1. The predicted molar refractivity (Wildman–Crippen MR) is 116 cm³/mol. The van der Waals surface area contributed by atoms with E-state index in [0.29, 0.717) is 28.5 Å². The van der Waals surface area contributed by atoms with Gasteiger partial charge in [-0.05, 0) is 38.1 Å². The summed E-state index contributed by atoms with van der Waals surface area (Å²) < 4.78 is 10.8. The molecule has 2 aromatic heterocycles. The van der Waals surface area contributed by atoms with Crippen LogP contribution in [0.25, 0.3) is 11.1 Å². The normalized spacial score (nSPS) is 10.9. The van der Waals surface area contributed by atoms with Crippen molar-refractivity contribution in [3.05, 3.63) is 71.5 Å². The van der Waals surface area contributed by atoms with Crippen LogP contribution in [-0.2, 0) is 10.5 Å². The third-order valence-electron chi connectivity index (χ3n) is 4.27. The van der Waals surface area contributed by atoms with Crippen molar-refractivity contribution in [2.75, 3.05) is 11.9 Å². The zero-order valence-corrected chi connectivity index (χ0v) is 17.4. The van der Waals surface area contributed by atoms with Gasteiger partial charge in [0.25, 0.3) is 0 Å². The van der Waals surface area contributed by atoms with Gasteiger partial charge in [-0.1, -0.05) is 29.8 Å². The maximum Gasteiger partial charge on any atom is 0.341 e. The lowest BCUT2D eigenvalue weighted by Crippen LogP contribution is -2.11. The van der Waals surface area contributed by atoms with E-state index in [1.54, 1.807) is 18.7 Å². The Balaban J connectivity index is 1.59. The topological polar surface area (TPSA) is 90.1 Å². The summed E-state index contributed by atoms with van der Waals surface area (Å²) in [7, 11) is 0. The first-order chi connectivity index (χ1) is 14.6. The van der Waals surface area contributed by atoms with E-state index in [-0.39, 0.29) is 12.6 Å². The first-order valence-electron chi connectivity index (χ1n) is 9.47. The average Bonchev–Trinajstić information content (AvgIpc) is 3.16. The Bertz CT molecular complexity index is 1140. The summed E-state index contributed by atoms with van der Waals surface area (Å²) in [5.74, 6) is 0.349. The number of aromatic nitrogens is 3. The molecule has 2 heterocycles. The van der Waals surface area contributed by atoms with Crippen LogP contribution >= 0.6 is 11.8 Å². The Kier molecular flexibility index (Phi) is 5.94. The number of rotatable bonds is 7. The first kappa shape index (κ1) is 19.9. The highest BCUT2D eigenvalue weighted by Gasteiger charge is 2.17. The molecule has 0 aliphatic heterocycles. The van der Waals surface area contributed by atoms with Crippen molar-refractivity contribution in [1.82, 2.24) is 15.0 Å². The zero-order chi connectivity index (χ0) is 20.9. The van der Waals surface area contributed by atoms with Gasteiger partial charge in [-0.3, -0.25) is 5.32 Å². The van der Waals surface area contributed by atoms with Crippen LogP contribution in [-0.4, -0.2) is 27.5 Å². The molecular formula is C22H20N4O3S. The fourth-order valence-electron chi connectivity index (χ4n) is 2.77. The second-order valence-electron chi connectivity index (χ2n) is 6.49. The summed E-state index contributed by atoms with van der Waals surface area (Å²) in [4.78, 5) is 26.6. The molecule has 0 atom stereocenters. The van der Waals surface area contributed by atoms with Crippen molar-refractivity contribution in [1.29, 1.82) is 0 Å². The number of oxazole rings is 1. The molecule has 0 aliphatic carbocycles. The molecule has 30 heavy (non-hydrogen) atoms. The molecule has 0 saturated carbocycles. The third kappa shape index (κ3) is 4.60. The average molecular weight is 420 g/mol. The number of carbonyl (C=O) groups is 1. The van der Waals surface area contributed by atoms with Crippen LogP contribution < -0.4 is 5.32 Å². The monoisotopic (exact) mass is 420 g/mol. The van der Waals surface area contributed by atoms with Crippen LogP contribution in [0.2, 0.25) is 0 Å². The molecule has 1 N–H and O–H groups in total. The molecule has 0 amide bonds. The van der Waals surface area contributed by atoms with Crippen molar-refractivity contribution >= 4 is 40.8 Å². The minimum atomic E-state index is -0.439. The number of nitrogens with zero attached hydrogens (tertiary/aromatic N) is 3. The van der Waals surface area contributed by atoms with Gasteiger partial charge in [-0.15, -0.1) is 11.8 Å². The van der Waals surface area contributed by atoms with Crippen LogP contribution in [0.3, 0.4) is 0 Å². The number of fused-ring (bicyclic) bond motifs is 1. The molecule has 4 aromatic rings. The van der Waals surface area contributed by atoms with E-state index in [9.17, 15) is 4.79 Å². The number of thioether (sulfide) groups is 1. The van der Waals surface area contributed by atoms with Crippen LogP contribution in [0.1, 0.15) is 28.5 Å². The Morgan fingerprint density at radius 1 is 1.13 bits per heavy atom. The zero-order valence-electron chi connectivity index (χ0n) is 16.6. The van der Waals surface area contributed by atoms with Gasteiger partial charge >= 0.3 is 12.0 Å². The Labute approximate surface area is 177 Å². The Morgan fingerprint density at radius 3 is 2.70 bits per heavy atom. The largest absolute Gasteiger partial charge is 0.462 e. The number of anilines is 2. The fraction of sp³-hybridized carbons (Fsp3) is 0.182. The van der Waals surface area contributed by atoms with Gasteiger partial charge < -0.3 is 9.15 Å². The van der Waals surface area contributed by atoms with Gasteiger partial charge in [0.2, 0.25) is 5.95 Å². The molecular weight excluding hydrogens is 400 g/mol. The van der Waals surface area contributed by atoms with Crippen LogP contribution in [0.5, 0.6) is 0 Å². The quantitative estimate of drug-likeness (QED) is 0.325. The maximum absolute atomic E-state index is 12.3. The van der Waals surface area contributed by atoms with Gasteiger partial charge in [0, 0.05) is 16.8 Å². The smallest absolute Gasteiger partial charge is 0.341 e. The molecule has 0 unspecified atom stereocenters. The standard InChI is InChI=1S/C22H20N4O3S/c1-3-28-20(27)16-12-23-21(26-22-25-17-6-4-5-7-19(17)29-22)24-18(16)13-30-15-10-8-14(2)9-11-15/h4-12H,3,13H2,1-2H3,(H,23,24,25,26). The van der Waals surface area contributed by atoms with Crippen molar-refractivity contribution in [3.8, 4) is 0 Å². The lowest BCUT2D eigenvalue weighted by molar-refractivity contribution is 0.0524. The van der Waals surface area contributed by atoms with E-state index < -0.39 is 5.97 Å². The Morgan fingerprint density at radius 2 is 1.93 bits per heavy atom. The molecule has 0 aliphatic rings. The second kappa shape index (κ2) is 8.96. The molecule has 0 saturated heterocycles. The summed E-state index contributed by atoms with van der Waals surface area (Å²) in [6.07, 6.45) is 1.47. The number of para-hydroxylation sites is 2. The number of carbonyl (C=O) groups excluding carboxylic acids is 1. The lowest BCUT2D eigenvalue weighted by Gasteiger charge is -2.10. The number of hydrogen-bond acceptors (Lipinski definition) is 8. The third-order valence-corrected chi connectivity index (χ3v) is 5.30. The predicted octanol–water partition coefficient (Wildman–Crippen LogP) is 5.14. The summed E-state index contributed by atoms with van der Waals surface area (Å²) in [5, 5.41) is 2.98. The van der Waals surface area contributed by atoms with Gasteiger partial charge in [-0.25, -0.2) is 14.8 Å². The lowest BCUT2D eigenvalue weighted by atomic mass is 10.2. The first-order valence-corrected chi connectivity index (χ1v) is 10.5. The summed E-state index contributed by atoms with van der Waals surface area (Å²) in [6, 6.07) is 15.9. The number of hydrogen-bond donors (Lipinski definition) is 1. The highest BCUT2D eigenvalue weighted by Crippen LogP contribution is 2.26. The van der Waals surface area contributed by atoms with Gasteiger partial charge in [0.15, 0.2) is 5.58 Å². The van der Waals surface area contributed by atoms with Crippen molar-refractivity contribution in [3.63, 3.8) is 0 Å². The number of nitrogens with one attached hydrogen (secondary N) is 1. The summed E-state index contributed by atoms with van der Waals surface area (Å²) >= 11 is 1.59. The van der Waals surface area contributed by atoms with Gasteiger partial charge in [0.05, 0.1) is 12.3 Å². The molecule has 2 aromatic carbocycles. The maximum atomic E-state index is 12.3. The van der Waals surface area contributed by atoms with Crippen LogP contribution in [0.15, 0.2) is 64.0 Å². The molecule has 0 radical (unpaired) electrons. The summed E-state index contributed by atoms with van der Waals surface area (Å²) in [6.45, 7) is 4.09. The van der Waals surface area contributed by atoms with Crippen LogP contribution in [0.4, 0.5) is 12.0 Å². The molecule has 0 bridgehead atoms. The molecule has 7 nitrogen and oxygen atoms in total. The molecule has 152 valence electrons. The molecule has 8 heteroatoms. The molecule has 0 spiro atoms. The second-order valence-corrected chi connectivity index (χ2v) is 7.54. The molecule has 0 fully saturated rings. The summed E-state index contributed by atoms with van der Waals surface area (Å²) in [5.41, 5.74) is 3.52. The minimum Gasteiger partial charge on any atom is -0.462 e. The number of benzene rings is 2. The van der Waals surface area contributed by atoms with Crippen molar-refractivity contribution in [2.24, 2.45) is 0 Å². The van der Waals surface area contributed by atoms with E-state index in [4.69, 9.17) is 9.15 Å². The number of aryl methyl sites for hydroxylation is 1. The highest BCUT2D eigenvalue weighted by molar-refractivity contribution is 7.98. The molecule has 4 rings (SSSR count). The van der Waals surface area contributed by atoms with E-state index in [0.717, 1.165) is 10.4 Å². The van der Waals surface area contributed by atoms with E-state index in [2.05, 4.69) is 32.4 Å². The minimum absolute atomic E-state index is 0.284. The highest BCUT2D eigenvalue weighted by atomic mass is 32.2. The van der Waals surface area contributed by atoms with E-state index in [1.807, 2.05) is 43.3 Å².